The number of anilines is 2. The van der Waals surface area contributed by atoms with Gasteiger partial charge in [0.1, 0.15) is 16.0 Å². The molecule has 1 aromatic carbocycles. The summed E-state index contributed by atoms with van der Waals surface area (Å²) in [6.07, 6.45) is 4.63. The molecule has 9 nitrogen and oxygen atoms in total. The number of nitrogens with one attached hydrogen (secondary N) is 2. The first-order valence-corrected chi connectivity index (χ1v) is 13.4. The van der Waals surface area contributed by atoms with Crippen LogP contribution in [0.3, 0.4) is 0 Å². The first kappa shape index (κ1) is 25.1. The molecule has 0 spiro atoms. The van der Waals surface area contributed by atoms with E-state index in [0.717, 1.165) is 46.1 Å². The van der Waals surface area contributed by atoms with E-state index >= 15 is 0 Å². The van der Waals surface area contributed by atoms with Crippen molar-refractivity contribution in [2.24, 2.45) is 0 Å². The number of aromatic nitrogens is 1. The van der Waals surface area contributed by atoms with Crippen molar-refractivity contribution < 1.29 is 19.1 Å². The van der Waals surface area contributed by atoms with Gasteiger partial charge in [0, 0.05) is 30.9 Å². The number of pyridine rings is 1. The highest BCUT2D eigenvalue weighted by molar-refractivity contribution is 8.01. The van der Waals surface area contributed by atoms with Crippen LogP contribution in [0.5, 0.6) is 5.75 Å². The highest BCUT2D eigenvalue weighted by atomic mass is 32.2. The SMILES string of the molecule is C=CC(=O)N1CCCC(NC(=O)[C@@H]2Sc3nccc4c3C2NC(=O)N4c2ccc(OC(C)C)cc2C)C1. The molecule has 37 heavy (non-hydrogen) atoms. The zero-order chi connectivity index (χ0) is 26.3. The van der Waals surface area contributed by atoms with Crippen LogP contribution in [0, 0.1) is 6.92 Å². The Bertz CT molecular complexity index is 1270. The average Bonchev–Trinajstić information content (AvgIpc) is 3.24. The second-order valence-corrected chi connectivity index (χ2v) is 10.9. The van der Waals surface area contributed by atoms with E-state index in [1.165, 1.54) is 17.8 Å². The fourth-order valence-electron chi connectivity index (χ4n) is 5.20. The maximum atomic E-state index is 13.4. The molecule has 5 rings (SSSR count). The summed E-state index contributed by atoms with van der Waals surface area (Å²) in [6, 6.07) is 6.55. The normalized spacial score (nSPS) is 22.4. The summed E-state index contributed by atoms with van der Waals surface area (Å²) in [6.45, 7) is 10.6. The van der Waals surface area contributed by atoms with Crippen molar-refractivity contribution in [1.29, 1.82) is 0 Å². The maximum absolute atomic E-state index is 13.4. The number of hydrogen-bond acceptors (Lipinski definition) is 6. The van der Waals surface area contributed by atoms with Crippen molar-refractivity contribution in [1.82, 2.24) is 20.5 Å². The molecule has 1 aromatic heterocycles. The minimum atomic E-state index is -0.553. The number of nitrogens with zero attached hydrogens (tertiary/aromatic N) is 3. The van der Waals surface area contributed by atoms with E-state index in [-0.39, 0.29) is 30.0 Å². The largest absolute Gasteiger partial charge is 0.491 e. The van der Waals surface area contributed by atoms with Crippen LogP contribution in [0.2, 0.25) is 0 Å². The van der Waals surface area contributed by atoms with Crippen LogP contribution in [0.4, 0.5) is 16.2 Å². The van der Waals surface area contributed by atoms with Gasteiger partial charge in [-0.05, 0) is 69.5 Å². The van der Waals surface area contributed by atoms with E-state index in [4.69, 9.17) is 4.74 Å². The number of urea groups is 1. The van der Waals surface area contributed by atoms with Crippen molar-refractivity contribution in [3.63, 3.8) is 0 Å². The molecule has 4 amide bonds. The van der Waals surface area contributed by atoms with E-state index in [0.29, 0.717) is 13.1 Å². The molecule has 3 atom stereocenters. The van der Waals surface area contributed by atoms with Crippen molar-refractivity contribution in [3.8, 4) is 5.75 Å². The van der Waals surface area contributed by atoms with Crippen LogP contribution < -0.4 is 20.3 Å². The molecule has 194 valence electrons. The van der Waals surface area contributed by atoms with Gasteiger partial charge in [-0.1, -0.05) is 18.3 Å². The molecule has 0 bridgehead atoms. The lowest BCUT2D eigenvalue weighted by Gasteiger charge is -2.36. The van der Waals surface area contributed by atoms with Crippen LogP contribution in [-0.2, 0) is 9.59 Å². The second-order valence-electron chi connectivity index (χ2n) is 9.80. The molecular weight excluding hydrogens is 490 g/mol. The highest BCUT2D eigenvalue weighted by Crippen LogP contribution is 2.51. The first-order valence-electron chi connectivity index (χ1n) is 12.5. The molecule has 1 saturated heterocycles. The molecule has 4 heterocycles. The Morgan fingerprint density at radius 1 is 1.30 bits per heavy atom. The lowest BCUT2D eigenvalue weighted by Crippen LogP contribution is -2.53. The Morgan fingerprint density at radius 3 is 2.84 bits per heavy atom. The number of thioether (sulfide) groups is 1. The predicted octanol–water partition coefficient (Wildman–Crippen LogP) is 3.85. The zero-order valence-corrected chi connectivity index (χ0v) is 22.0. The molecular formula is C27H31N5O4S. The van der Waals surface area contributed by atoms with Gasteiger partial charge < -0.3 is 20.3 Å². The number of hydrogen-bond donors (Lipinski definition) is 2. The molecule has 3 aliphatic heterocycles. The quantitative estimate of drug-likeness (QED) is 0.560. The Labute approximate surface area is 220 Å². The summed E-state index contributed by atoms with van der Waals surface area (Å²) in [5.74, 6) is 0.445. The topological polar surface area (TPSA) is 104 Å². The Hall–Kier alpha value is -3.53. The number of carbonyl (C=O) groups excluding carboxylic acids is 3. The molecule has 1 fully saturated rings. The number of rotatable bonds is 6. The molecule has 0 radical (unpaired) electrons. The minimum Gasteiger partial charge on any atom is -0.491 e. The Morgan fingerprint density at radius 2 is 2.11 bits per heavy atom. The molecule has 3 aliphatic rings. The number of likely N-dealkylation sites (tertiary alicyclic amines) is 1. The molecule has 0 aliphatic carbocycles. The molecule has 0 saturated carbocycles. The van der Waals surface area contributed by atoms with Gasteiger partial charge >= 0.3 is 6.03 Å². The van der Waals surface area contributed by atoms with Crippen LogP contribution in [-0.4, -0.2) is 58.2 Å². The summed E-state index contributed by atoms with van der Waals surface area (Å²) in [4.78, 5) is 46.8. The number of benzene rings is 1. The van der Waals surface area contributed by atoms with E-state index in [2.05, 4.69) is 22.2 Å². The van der Waals surface area contributed by atoms with Gasteiger partial charge in [0.25, 0.3) is 0 Å². The van der Waals surface area contributed by atoms with Crippen LogP contribution in [0.15, 0.2) is 48.1 Å². The number of amides is 4. The van der Waals surface area contributed by atoms with E-state index in [1.807, 2.05) is 45.0 Å². The predicted molar refractivity (Wildman–Crippen MR) is 142 cm³/mol. The standard InChI is InChI=1S/C27H31N5O4S/c1-5-21(33)31-12-6-7-17(14-31)29-25(34)24-23-22-20(10-11-28-26(22)37-24)32(27(35)30-23)19-9-8-18(13-16(19)4)36-15(2)3/h5,8-11,13,15,17,23-24H,1,6-7,12,14H2,2-4H3,(H,29,34)(H,30,35)/t17?,23?,24-/m1/s1. The third-order valence-electron chi connectivity index (χ3n) is 6.80. The Balaban J connectivity index is 1.38. The summed E-state index contributed by atoms with van der Waals surface area (Å²) in [7, 11) is 0. The number of aryl methyl sites for hydroxylation is 1. The van der Waals surface area contributed by atoms with Crippen LogP contribution in [0.1, 0.15) is 43.9 Å². The van der Waals surface area contributed by atoms with Crippen LogP contribution >= 0.6 is 11.8 Å². The number of piperidine rings is 1. The van der Waals surface area contributed by atoms with E-state index < -0.39 is 11.3 Å². The smallest absolute Gasteiger partial charge is 0.327 e. The van der Waals surface area contributed by atoms with Crippen molar-refractivity contribution in [3.05, 3.63) is 54.2 Å². The zero-order valence-electron chi connectivity index (χ0n) is 21.2. The third kappa shape index (κ3) is 4.77. The second kappa shape index (κ2) is 10.1. The van der Waals surface area contributed by atoms with E-state index in [1.54, 1.807) is 16.0 Å². The molecule has 2 unspecified atom stereocenters. The summed E-state index contributed by atoms with van der Waals surface area (Å²) >= 11 is 1.36. The van der Waals surface area contributed by atoms with Gasteiger partial charge in [0.2, 0.25) is 11.8 Å². The summed E-state index contributed by atoms with van der Waals surface area (Å²) in [5, 5.41) is 6.34. The maximum Gasteiger partial charge on any atom is 0.327 e. The summed E-state index contributed by atoms with van der Waals surface area (Å²) in [5.41, 5.74) is 3.21. The molecule has 10 heteroatoms. The molecule has 2 aromatic rings. The lowest BCUT2D eigenvalue weighted by molar-refractivity contribution is -0.129. The summed E-state index contributed by atoms with van der Waals surface area (Å²) < 4.78 is 5.81. The van der Waals surface area contributed by atoms with Gasteiger partial charge in [-0.3, -0.25) is 14.5 Å². The van der Waals surface area contributed by atoms with Crippen molar-refractivity contribution in [2.75, 3.05) is 18.0 Å². The van der Waals surface area contributed by atoms with Crippen LogP contribution in [0.25, 0.3) is 0 Å². The fraction of sp³-hybridized carbons (Fsp3) is 0.407. The number of carbonyl (C=O) groups is 3. The minimum absolute atomic E-state index is 0.0482. The highest BCUT2D eigenvalue weighted by Gasteiger charge is 2.47. The first-order chi connectivity index (χ1) is 17.8. The fourth-order valence-corrected chi connectivity index (χ4v) is 6.43. The third-order valence-corrected chi connectivity index (χ3v) is 8.09. The van der Waals surface area contributed by atoms with Gasteiger partial charge in [0.15, 0.2) is 0 Å². The van der Waals surface area contributed by atoms with Gasteiger partial charge in [-0.15, -0.1) is 0 Å². The average molecular weight is 522 g/mol. The Kier molecular flexibility index (Phi) is 6.85. The molecule has 2 N–H and O–H groups in total. The van der Waals surface area contributed by atoms with Gasteiger partial charge in [0.05, 0.1) is 23.5 Å². The van der Waals surface area contributed by atoms with Gasteiger partial charge in [-0.2, -0.15) is 0 Å². The van der Waals surface area contributed by atoms with E-state index in [9.17, 15) is 14.4 Å². The van der Waals surface area contributed by atoms with Crippen molar-refractivity contribution >= 4 is 41.0 Å². The monoisotopic (exact) mass is 521 g/mol. The van der Waals surface area contributed by atoms with Crippen molar-refractivity contribution in [2.45, 2.75) is 62.1 Å². The van der Waals surface area contributed by atoms with Gasteiger partial charge in [-0.25, -0.2) is 9.78 Å². The number of ether oxygens (including phenoxy) is 1. The lowest BCUT2D eigenvalue weighted by atomic mass is 9.98.